The van der Waals surface area contributed by atoms with E-state index in [4.69, 9.17) is 9.73 Å². The van der Waals surface area contributed by atoms with Crippen molar-refractivity contribution in [2.45, 2.75) is 19.4 Å². The Morgan fingerprint density at radius 1 is 1.14 bits per heavy atom. The third kappa shape index (κ3) is 7.19. The quantitative estimate of drug-likeness (QED) is 0.399. The van der Waals surface area contributed by atoms with Gasteiger partial charge in [0, 0.05) is 49.4 Å². The molecule has 1 amide bonds. The second kappa shape index (κ2) is 12.9. The standard InChI is InChI=1S/C26H31FN4O2S2/c1-34-18-11-25(32)28-12-2-13-31-24(19-35-26(31)29-22-7-5-21(27)6-8-22)20-3-9-23(10-4-20)30-14-16-33-17-15-30/h3-10,19H,2,11-18H2,1H3,(H,28,32). The van der Waals surface area contributed by atoms with Crippen LogP contribution in [0.25, 0.3) is 11.3 Å². The summed E-state index contributed by atoms with van der Waals surface area (Å²) in [7, 11) is 0. The maximum atomic E-state index is 13.4. The van der Waals surface area contributed by atoms with Crippen LogP contribution in [0.15, 0.2) is 58.9 Å². The summed E-state index contributed by atoms with van der Waals surface area (Å²) in [5.41, 5.74) is 4.10. The zero-order valence-corrected chi connectivity index (χ0v) is 21.5. The number of anilines is 1. The average Bonchev–Trinajstić information content (AvgIpc) is 3.29. The third-order valence-electron chi connectivity index (χ3n) is 5.80. The van der Waals surface area contributed by atoms with Crippen LogP contribution < -0.4 is 15.0 Å². The summed E-state index contributed by atoms with van der Waals surface area (Å²) in [6.45, 7) is 4.65. The van der Waals surface area contributed by atoms with E-state index in [1.165, 1.54) is 17.8 Å². The Morgan fingerprint density at radius 2 is 1.89 bits per heavy atom. The summed E-state index contributed by atoms with van der Waals surface area (Å²) in [4.78, 5) is 19.9. The van der Waals surface area contributed by atoms with E-state index in [1.54, 1.807) is 35.2 Å². The number of halogens is 1. The molecule has 0 saturated carbocycles. The number of hydrogen-bond donors (Lipinski definition) is 1. The van der Waals surface area contributed by atoms with Gasteiger partial charge >= 0.3 is 0 Å². The zero-order valence-electron chi connectivity index (χ0n) is 19.9. The molecule has 0 atom stereocenters. The molecule has 0 radical (unpaired) electrons. The second-order valence-corrected chi connectivity index (χ2v) is 10.1. The smallest absolute Gasteiger partial charge is 0.220 e. The van der Waals surface area contributed by atoms with Crippen molar-refractivity contribution >= 4 is 40.4 Å². The predicted molar refractivity (Wildman–Crippen MR) is 143 cm³/mol. The van der Waals surface area contributed by atoms with E-state index in [-0.39, 0.29) is 11.7 Å². The Bertz CT molecular complexity index is 1150. The van der Waals surface area contributed by atoms with Gasteiger partial charge in [0.25, 0.3) is 0 Å². The first-order valence-electron chi connectivity index (χ1n) is 11.8. The normalized spacial score (nSPS) is 14.3. The van der Waals surface area contributed by atoms with Gasteiger partial charge in [0.2, 0.25) is 5.91 Å². The number of morpholine rings is 1. The van der Waals surface area contributed by atoms with Crippen LogP contribution in [0.1, 0.15) is 12.8 Å². The van der Waals surface area contributed by atoms with Crippen molar-refractivity contribution in [1.29, 1.82) is 0 Å². The first-order chi connectivity index (χ1) is 17.1. The summed E-state index contributed by atoms with van der Waals surface area (Å²) in [6.07, 6.45) is 3.33. The molecule has 1 N–H and O–H groups in total. The third-order valence-corrected chi connectivity index (χ3v) is 7.28. The number of hydrogen-bond acceptors (Lipinski definition) is 6. The van der Waals surface area contributed by atoms with E-state index in [2.05, 4.69) is 44.4 Å². The maximum absolute atomic E-state index is 13.4. The number of aromatic nitrogens is 1. The van der Waals surface area contributed by atoms with Gasteiger partial charge in [-0.05, 0) is 54.6 Å². The van der Waals surface area contributed by atoms with Crippen molar-refractivity contribution in [3.8, 4) is 11.3 Å². The van der Waals surface area contributed by atoms with Crippen LogP contribution in [0.2, 0.25) is 0 Å². The number of thioether (sulfide) groups is 1. The lowest BCUT2D eigenvalue weighted by molar-refractivity contribution is -0.120. The van der Waals surface area contributed by atoms with Gasteiger partial charge in [-0.25, -0.2) is 9.38 Å². The monoisotopic (exact) mass is 514 g/mol. The molecule has 9 heteroatoms. The lowest BCUT2D eigenvalue weighted by atomic mass is 10.1. The highest BCUT2D eigenvalue weighted by molar-refractivity contribution is 7.98. The Morgan fingerprint density at radius 3 is 2.60 bits per heavy atom. The lowest BCUT2D eigenvalue weighted by Crippen LogP contribution is -2.36. The largest absolute Gasteiger partial charge is 0.378 e. The van der Waals surface area contributed by atoms with E-state index >= 15 is 0 Å². The van der Waals surface area contributed by atoms with Crippen LogP contribution in [0, 0.1) is 5.82 Å². The van der Waals surface area contributed by atoms with E-state index in [9.17, 15) is 9.18 Å². The number of ether oxygens (including phenoxy) is 1. The average molecular weight is 515 g/mol. The van der Waals surface area contributed by atoms with Crippen LogP contribution in [-0.2, 0) is 16.1 Å². The fourth-order valence-electron chi connectivity index (χ4n) is 3.90. The van der Waals surface area contributed by atoms with Crippen LogP contribution in [-0.4, -0.2) is 55.3 Å². The van der Waals surface area contributed by atoms with Crippen LogP contribution >= 0.6 is 23.1 Å². The summed E-state index contributed by atoms with van der Waals surface area (Å²) >= 11 is 3.23. The zero-order chi connectivity index (χ0) is 24.5. The number of carbonyl (C=O) groups excluding carboxylic acids is 1. The number of benzene rings is 2. The highest BCUT2D eigenvalue weighted by Gasteiger charge is 2.13. The molecule has 186 valence electrons. The minimum absolute atomic E-state index is 0.0878. The molecule has 1 aromatic heterocycles. The van der Waals surface area contributed by atoms with Crippen LogP contribution in [0.5, 0.6) is 0 Å². The molecule has 3 aromatic rings. The number of carbonyl (C=O) groups is 1. The highest BCUT2D eigenvalue weighted by Crippen LogP contribution is 2.25. The molecule has 6 nitrogen and oxygen atoms in total. The van der Waals surface area contributed by atoms with Crippen LogP contribution in [0.4, 0.5) is 15.8 Å². The lowest BCUT2D eigenvalue weighted by Gasteiger charge is -2.28. The number of nitrogens with one attached hydrogen (secondary N) is 1. The van der Waals surface area contributed by atoms with Crippen LogP contribution in [0.3, 0.4) is 0 Å². The summed E-state index contributed by atoms with van der Waals surface area (Å²) < 4.78 is 21.0. The molecule has 2 aromatic carbocycles. The number of thiazole rings is 1. The first kappa shape index (κ1) is 25.5. The van der Waals surface area contributed by atoms with Crippen molar-refractivity contribution in [1.82, 2.24) is 9.88 Å². The first-order valence-corrected chi connectivity index (χ1v) is 14.1. The summed E-state index contributed by atoms with van der Waals surface area (Å²) in [6, 6.07) is 14.8. The second-order valence-electron chi connectivity index (χ2n) is 8.24. The molecule has 0 bridgehead atoms. The minimum Gasteiger partial charge on any atom is -0.378 e. The van der Waals surface area contributed by atoms with Crippen molar-refractivity contribution in [2.75, 3.05) is 49.8 Å². The Hall–Kier alpha value is -2.62. The Balaban J connectivity index is 1.54. The van der Waals surface area contributed by atoms with Gasteiger partial charge in [-0.15, -0.1) is 11.3 Å². The van der Waals surface area contributed by atoms with Crippen molar-refractivity contribution in [2.24, 2.45) is 4.99 Å². The Labute approximate surface area is 213 Å². The van der Waals surface area contributed by atoms with Gasteiger partial charge < -0.3 is 19.5 Å². The van der Waals surface area contributed by atoms with Gasteiger partial charge in [0.1, 0.15) is 5.82 Å². The van der Waals surface area contributed by atoms with Gasteiger partial charge in [-0.3, -0.25) is 4.79 Å². The van der Waals surface area contributed by atoms with Gasteiger partial charge in [0.15, 0.2) is 4.80 Å². The van der Waals surface area contributed by atoms with E-state index in [0.717, 1.165) is 54.5 Å². The molecule has 0 spiro atoms. The topological polar surface area (TPSA) is 58.9 Å². The van der Waals surface area contributed by atoms with Gasteiger partial charge in [0.05, 0.1) is 24.6 Å². The molecule has 35 heavy (non-hydrogen) atoms. The molecule has 1 aliphatic heterocycles. The predicted octanol–water partition coefficient (Wildman–Crippen LogP) is 4.68. The molecule has 0 aliphatic carbocycles. The van der Waals surface area contributed by atoms with E-state index < -0.39 is 0 Å². The fourth-order valence-corrected chi connectivity index (χ4v) is 5.25. The molecule has 1 fully saturated rings. The SMILES string of the molecule is CSCCC(=O)NCCCn1c(-c2ccc(N3CCOCC3)cc2)csc1=Nc1ccc(F)cc1. The molecule has 0 unspecified atom stereocenters. The Kier molecular flexibility index (Phi) is 9.39. The highest BCUT2D eigenvalue weighted by atomic mass is 32.2. The number of nitrogens with zero attached hydrogens (tertiary/aromatic N) is 3. The fraction of sp³-hybridized carbons (Fsp3) is 0.385. The molecule has 4 rings (SSSR count). The van der Waals surface area contributed by atoms with E-state index in [1.807, 2.05) is 6.26 Å². The minimum atomic E-state index is -0.277. The summed E-state index contributed by atoms with van der Waals surface area (Å²) in [5, 5.41) is 5.12. The van der Waals surface area contributed by atoms with Crippen molar-refractivity contribution < 1.29 is 13.9 Å². The number of rotatable bonds is 10. The van der Waals surface area contributed by atoms with Gasteiger partial charge in [-0.1, -0.05) is 12.1 Å². The maximum Gasteiger partial charge on any atom is 0.220 e. The number of amides is 1. The molecule has 2 heterocycles. The van der Waals surface area contributed by atoms with Gasteiger partial charge in [-0.2, -0.15) is 11.8 Å². The van der Waals surface area contributed by atoms with Crippen molar-refractivity contribution in [3.05, 3.63) is 64.5 Å². The molecule has 1 aliphatic rings. The molecular weight excluding hydrogens is 483 g/mol. The summed E-state index contributed by atoms with van der Waals surface area (Å²) in [5.74, 6) is 0.641. The molecule has 1 saturated heterocycles. The van der Waals surface area contributed by atoms with E-state index in [0.29, 0.717) is 25.2 Å². The molecular formula is C26H31FN4O2S2. The van der Waals surface area contributed by atoms with Crippen molar-refractivity contribution in [3.63, 3.8) is 0 Å².